The van der Waals surface area contributed by atoms with Gasteiger partial charge in [-0.15, -0.1) is 0 Å². The standard InChI is InChI=1S/C21H23N3O3/c22-20(26)15-8-11-23(12-9-15)21(27)16-10-13-24-17(16)6-7-18(24)19(25)14-4-2-1-3-5-14/h1-7,15-16H,8-13H2,(H2,22,26)/t16-/m0/s1. The van der Waals surface area contributed by atoms with E-state index in [1.807, 2.05) is 51.9 Å². The molecule has 1 saturated heterocycles. The summed E-state index contributed by atoms with van der Waals surface area (Å²) in [4.78, 5) is 38.9. The van der Waals surface area contributed by atoms with E-state index in [1.165, 1.54) is 0 Å². The van der Waals surface area contributed by atoms with Gasteiger partial charge in [-0.05, 0) is 31.4 Å². The summed E-state index contributed by atoms with van der Waals surface area (Å²) in [6.45, 7) is 1.81. The van der Waals surface area contributed by atoms with E-state index >= 15 is 0 Å². The van der Waals surface area contributed by atoms with Crippen LogP contribution in [0, 0.1) is 5.92 Å². The summed E-state index contributed by atoms with van der Waals surface area (Å²) in [7, 11) is 0. The number of amides is 2. The summed E-state index contributed by atoms with van der Waals surface area (Å²) in [5.41, 5.74) is 7.58. The van der Waals surface area contributed by atoms with Crippen molar-refractivity contribution >= 4 is 17.6 Å². The average Bonchev–Trinajstić information content (AvgIpc) is 3.30. The van der Waals surface area contributed by atoms with Crippen molar-refractivity contribution in [1.29, 1.82) is 0 Å². The van der Waals surface area contributed by atoms with Crippen LogP contribution in [0.4, 0.5) is 0 Å². The van der Waals surface area contributed by atoms with E-state index in [1.54, 1.807) is 0 Å². The largest absolute Gasteiger partial charge is 0.369 e. The number of nitrogens with zero attached hydrogens (tertiary/aromatic N) is 2. The fraction of sp³-hybridized carbons (Fsp3) is 0.381. The number of nitrogens with two attached hydrogens (primary N) is 1. The highest BCUT2D eigenvalue weighted by atomic mass is 16.2. The van der Waals surface area contributed by atoms with E-state index in [0.717, 1.165) is 5.69 Å². The molecule has 4 rings (SSSR count). The molecule has 2 aromatic rings. The predicted octanol–water partition coefficient (Wildman–Crippen LogP) is 1.93. The Labute approximate surface area is 157 Å². The highest BCUT2D eigenvalue weighted by Crippen LogP contribution is 2.34. The van der Waals surface area contributed by atoms with Crippen LogP contribution < -0.4 is 5.73 Å². The molecule has 1 atom stereocenters. The number of piperidine rings is 1. The first kappa shape index (κ1) is 17.5. The number of fused-ring (bicyclic) bond motifs is 1. The molecular weight excluding hydrogens is 342 g/mol. The van der Waals surface area contributed by atoms with Crippen molar-refractivity contribution in [3.05, 3.63) is 59.4 Å². The third kappa shape index (κ3) is 3.16. The molecule has 2 amide bonds. The first-order valence-electron chi connectivity index (χ1n) is 9.43. The first-order chi connectivity index (χ1) is 13.1. The lowest BCUT2D eigenvalue weighted by atomic mass is 9.94. The highest BCUT2D eigenvalue weighted by molar-refractivity contribution is 6.08. The minimum atomic E-state index is -0.277. The SMILES string of the molecule is NC(=O)C1CCN(C(=O)[C@H]2CCn3c(C(=O)c4ccccc4)ccc32)CC1. The topological polar surface area (TPSA) is 85.4 Å². The van der Waals surface area contributed by atoms with Gasteiger partial charge in [-0.25, -0.2) is 0 Å². The zero-order valence-corrected chi connectivity index (χ0v) is 15.1. The molecule has 3 heterocycles. The molecule has 1 aromatic carbocycles. The molecule has 0 saturated carbocycles. The van der Waals surface area contributed by atoms with Crippen LogP contribution in [0.1, 0.15) is 46.9 Å². The fourth-order valence-electron chi connectivity index (χ4n) is 4.23. The fourth-order valence-corrected chi connectivity index (χ4v) is 4.23. The predicted molar refractivity (Wildman–Crippen MR) is 100 cm³/mol. The summed E-state index contributed by atoms with van der Waals surface area (Å²) in [5, 5.41) is 0. The van der Waals surface area contributed by atoms with Gasteiger partial charge in [0.25, 0.3) is 0 Å². The molecule has 0 radical (unpaired) electrons. The normalized spacial score (nSPS) is 19.7. The van der Waals surface area contributed by atoms with Crippen LogP contribution in [0.5, 0.6) is 0 Å². The van der Waals surface area contributed by atoms with Crippen LogP contribution in [-0.2, 0) is 16.1 Å². The summed E-state index contributed by atoms with van der Waals surface area (Å²) in [6.07, 6.45) is 1.97. The van der Waals surface area contributed by atoms with Gasteiger partial charge < -0.3 is 15.2 Å². The van der Waals surface area contributed by atoms with Crippen LogP contribution in [0.25, 0.3) is 0 Å². The number of rotatable bonds is 4. The van der Waals surface area contributed by atoms with Gasteiger partial charge in [0.05, 0.1) is 11.6 Å². The van der Waals surface area contributed by atoms with Gasteiger partial charge in [-0.1, -0.05) is 30.3 Å². The van der Waals surface area contributed by atoms with Crippen molar-refractivity contribution < 1.29 is 14.4 Å². The molecule has 0 spiro atoms. The number of carbonyl (C=O) groups excluding carboxylic acids is 3. The van der Waals surface area contributed by atoms with Gasteiger partial charge in [0.1, 0.15) is 0 Å². The molecule has 2 N–H and O–H groups in total. The van der Waals surface area contributed by atoms with E-state index < -0.39 is 0 Å². The Bertz CT molecular complexity index is 879. The second-order valence-corrected chi connectivity index (χ2v) is 7.33. The van der Waals surface area contributed by atoms with E-state index in [-0.39, 0.29) is 29.4 Å². The zero-order chi connectivity index (χ0) is 19.0. The van der Waals surface area contributed by atoms with Gasteiger partial charge in [0.2, 0.25) is 17.6 Å². The maximum atomic E-state index is 13.0. The first-order valence-corrected chi connectivity index (χ1v) is 9.43. The number of hydrogen-bond donors (Lipinski definition) is 1. The van der Waals surface area contributed by atoms with Crippen molar-refractivity contribution in [2.24, 2.45) is 11.7 Å². The molecular formula is C21H23N3O3. The molecule has 6 nitrogen and oxygen atoms in total. The molecule has 2 aliphatic heterocycles. The van der Waals surface area contributed by atoms with E-state index in [9.17, 15) is 14.4 Å². The van der Waals surface area contributed by atoms with E-state index in [0.29, 0.717) is 50.2 Å². The Balaban J connectivity index is 1.50. The quantitative estimate of drug-likeness (QED) is 0.840. The van der Waals surface area contributed by atoms with Gasteiger partial charge in [-0.3, -0.25) is 14.4 Å². The van der Waals surface area contributed by atoms with Crippen molar-refractivity contribution in [2.75, 3.05) is 13.1 Å². The van der Waals surface area contributed by atoms with E-state index in [2.05, 4.69) is 0 Å². The second kappa shape index (κ2) is 7.02. The summed E-state index contributed by atoms with van der Waals surface area (Å²) in [5.74, 6) is -0.546. The summed E-state index contributed by atoms with van der Waals surface area (Å²) in [6, 6.07) is 12.9. The number of ketones is 1. The van der Waals surface area contributed by atoms with Gasteiger partial charge in [-0.2, -0.15) is 0 Å². The Kier molecular flexibility index (Phi) is 4.56. The maximum absolute atomic E-state index is 13.0. The molecule has 6 heteroatoms. The van der Waals surface area contributed by atoms with Gasteiger partial charge >= 0.3 is 0 Å². The minimum absolute atomic E-state index is 0.0165. The van der Waals surface area contributed by atoms with Gasteiger partial charge in [0.15, 0.2) is 0 Å². The van der Waals surface area contributed by atoms with Crippen molar-refractivity contribution in [1.82, 2.24) is 9.47 Å². The lowest BCUT2D eigenvalue weighted by Crippen LogP contribution is -2.43. The van der Waals surface area contributed by atoms with E-state index in [4.69, 9.17) is 5.73 Å². The molecule has 140 valence electrons. The second-order valence-electron chi connectivity index (χ2n) is 7.33. The number of benzene rings is 1. The summed E-state index contributed by atoms with van der Waals surface area (Å²) >= 11 is 0. The number of hydrogen-bond acceptors (Lipinski definition) is 3. The lowest BCUT2D eigenvalue weighted by molar-refractivity contribution is -0.136. The number of primary amides is 1. The Hall–Kier alpha value is -2.89. The Morgan fingerprint density at radius 3 is 2.26 bits per heavy atom. The smallest absolute Gasteiger partial charge is 0.231 e. The van der Waals surface area contributed by atoms with Crippen molar-refractivity contribution in [3.8, 4) is 0 Å². The Morgan fingerprint density at radius 1 is 0.889 bits per heavy atom. The lowest BCUT2D eigenvalue weighted by Gasteiger charge is -2.32. The highest BCUT2D eigenvalue weighted by Gasteiger charge is 2.36. The molecule has 0 unspecified atom stereocenters. The number of aromatic nitrogens is 1. The summed E-state index contributed by atoms with van der Waals surface area (Å²) < 4.78 is 1.98. The van der Waals surface area contributed by atoms with Crippen LogP contribution in [-0.4, -0.2) is 40.2 Å². The number of carbonyl (C=O) groups is 3. The molecule has 1 fully saturated rings. The number of likely N-dealkylation sites (tertiary alicyclic amines) is 1. The minimum Gasteiger partial charge on any atom is -0.369 e. The van der Waals surface area contributed by atoms with Crippen LogP contribution in [0.2, 0.25) is 0 Å². The Morgan fingerprint density at radius 2 is 1.59 bits per heavy atom. The monoisotopic (exact) mass is 365 g/mol. The van der Waals surface area contributed by atoms with Crippen LogP contribution in [0.3, 0.4) is 0 Å². The van der Waals surface area contributed by atoms with Crippen LogP contribution >= 0.6 is 0 Å². The van der Waals surface area contributed by atoms with Crippen LogP contribution in [0.15, 0.2) is 42.5 Å². The average molecular weight is 365 g/mol. The zero-order valence-electron chi connectivity index (χ0n) is 15.1. The third-order valence-corrected chi connectivity index (χ3v) is 5.79. The molecule has 1 aromatic heterocycles. The van der Waals surface area contributed by atoms with Crippen molar-refractivity contribution in [3.63, 3.8) is 0 Å². The van der Waals surface area contributed by atoms with Gasteiger partial charge in [0, 0.05) is 36.8 Å². The third-order valence-electron chi connectivity index (χ3n) is 5.79. The van der Waals surface area contributed by atoms with Crippen molar-refractivity contribution in [2.45, 2.75) is 31.7 Å². The molecule has 27 heavy (non-hydrogen) atoms. The molecule has 2 aliphatic rings. The molecule has 0 aliphatic carbocycles. The molecule has 0 bridgehead atoms. The maximum Gasteiger partial charge on any atom is 0.231 e.